The summed E-state index contributed by atoms with van der Waals surface area (Å²) in [5.41, 5.74) is 3.62. The molecule has 0 radical (unpaired) electrons. The lowest BCUT2D eigenvalue weighted by Crippen LogP contribution is -2.26. The normalized spacial score (nSPS) is 23.8. The summed E-state index contributed by atoms with van der Waals surface area (Å²) in [6, 6.07) is 10.1. The Kier molecular flexibility index (Phi) is 2.36. The van der Waals surface area contributed by atoms with E-state index in [1.165, 1.54) is 5.56 Å². The predicted octanol–water partition coefficient (Wildman–Crippen LogP) is 1.58. The molecule has 1 heterocycles. The van der Waals surface area contributed by atoms with Crippen LogP contribution < -0.4 is 5.64 Å². The van der Waals surface area contributed by atoms with Gasteiger partial charge in [-0.3, -0.25) is 9.68 Å². The molecule has 0 aliphatic carbocycles. The Balaban J connectivity index is 2.08. The SMILES string of the molecule is c1ccc(C2CCONO2)cc1. The lowest BCUT2D eigenvalue weighted by atomic mass is 10.1. The summed E-state index contributed by atoms with van der Waals surface area (Å²) in [6.45, 7) is 0.694. The van der Waals surface area contributed by atoms with Gasteiger partial charge in [0.25, 0.3) is 0 Å². The second-order valence-corrected chi connectivity index (χ2v) is 2.74. The van der Waals surface area contributed by atoms with Crippen LogP contribution in [0, 0.1) is 0 Å². The predicted molar refractivity (Wildman–Crippen MR) is 44.0 cm³/mol. The molecule has 64 valence electrons. The van der Waals surface area contributed by atoms with Gasteiger partial charge < -0.3 is 0 Å². The third-order valence-electron chi connectivity index (χ3n) is 1.90. The van der Waals surface area contributed by atoms with E-state index in [0.717, 1.165) is 6.42 Å². The molecule has 1 fully saturated rings. The zero-order chi connectivity index (χ0) is 8.23. The van der Waals surface area contributed by atoms with Crippen molar-refractivity contribution < 1.29 is 9.68 Å². The van der Waals surface area contributed by atoms with Crippen molar-refractivity contribution in [2.24, 2.45) is 0 Å². The lowest BCUT2D eigenvalue weighted by molar-refractivity contribution is -0.241. The van der Waals surface area contributed by atoms with Gasteiger partial charge in [0.15, 0.2) is 0 Å². The first-order chi connectivity index (χ1) is 5.97. The van der Waals surface area contributed by atoms with E-state index in [4.69, 9.17) is 9.68 Å². The van der Waals surface area contributed by atoms with Gasteiger partial charge in [-0.15, -0.1) is 0 Å². The highest BCUT2D eigenvalue weighted by Crippen LogP contribution is 2.21. The van der Waals surface area contributed by atoms with E-state index in [1.54, 1.807) is 0 Å². The maximum Gasteiger partial charge on any atom is 0.109 e. The fourth-order valence-electron chi connectivity index (χ4n) is 1.26. The molecule has 3 heteroatoms. The van der Waals surface area contributed by atoms with E-state index < -0.39 is 0 Å². The standard InChI is InChI=1S/C9H11NO2/c1-2-4-8(5-3-1)9-6-7-11-10-12-9/h1-5,9-10H,6-7H2. The minimum Gasteiger partial charge on any atom is -0.277 e. The molecule has 0 aromatic heterocycles. The molecule has 1 atom stereocenters. The van der Waals surface area contributed by atoms with Crippen LogP contribution in [-0.4, -0.2) is 6.61 Å². The molecular weight excluding hydrogens is 154 g/mol. The average Bonchev–Trinajstić information content (AvgIpc) is 2.21. The second kappa shape index (κ2) is 3.67. The molecule has 1 N–H and O–H groups in total. The second-order valence-electron chi connectivity index (χ2n) is 2.74. The molecule has 12 heavy (non-hydrogen) atoms. The summed E-state index contributed by atoms with van der Waals surface area (Å²) in [4.78, 5) is 10.0. The van der Waals surface area contributed by atoms with Crippen LogP contribution >= 0.6 is 0 Å². The van der Waals surface area contributed by atoms with Crippen LogP contribution in [0.4, 0.5) is 0 Å². The Morgan fingerprint density at radius 1 is 1.25 bits per heavy atom. The zero-order valence-electron chi connectivity index (χ0n) is 6.69. The Morgan fingerprint density at radius 2 is 2.08 bits per heavy atom. The van der Waals surface area contributed by atoms with Gasteiger partial charge in [0.05, 0.1) is 6.61 Å². The third-order valence-corrected chi connectivity index (χ3v) is 1.90. The van der Waals surface area contributed by atoms with Crippen molar-refractivity contribution in [3.63, 3.8) is 0 Å². The Hall–Kier alpha value is -0.900. The number of rotatable bonds is 1. The minimum absolute atomic E-state index is 0.125. The fourth-order valence-corrected chi connectivity index (χ4v) is 1.26. The van der Waals surface area contributed by atoms with Crippen LogP contribution in [-0.2, 0) is 9.68 Å². The van der Waals surface area contributed by atoms with Crippen molar-refractivity contribution in [2.45, 2.75) is 12.5 Å². The van der Waals surface area contributed by atoms with Crippen molar-refractivity contribution in [3.8, 4) is 0 Å². The van der Waals surface area contributed by atoms with E-state index in [1.807, 2.05) is 18.2 Å². The number of hydrogen-bond acceptors (Lipinski definition) is 3. The molecule has 0 spiro atoms. The summed E-state index contributed by atoms with van der Waals surface area (Å²) in [6.07, 6.45) is 1.02. The number of hydrogen-bond donors (Lipinski definition) is 1. The van der Waals surface area contributed by atoms with E-state index in [9.17, 15) is 0 Å². The number of benzene rings is 1. The van der Waals surface area contributed by atoms with Gasteiger partial charge in [-0.25, -0.2) is 0 Å². The molecule has 1 aromatic carbocycles. The number of nitrogens with one attached hydrogen (secondary N) is 1. The molecule has 1 aliphatic heterocycles. The van der Waals surface area contributed by atoms with Gasteiger partial charge in [0, 0.05) is 6.42 Å². The van der Waals surface area contributed by atoms with Gasteiger partial charge in [-0.05, 0) is 5.56 Å². The van der Waals surface area contributed by atoms with Crippen molar-refractivity contribution >= 4 is 0 Å². The van der Waals surface area contributed by atoms with E-state index in [2.05, 4.69) is 17.8 Å². The molecule has 3 nitrogen and oxygen atoms in total. The van der Waals surface area contributed by atoms with Crippen LogP contribution in [0.3, 0.4) is 0 Å². The van der Waals surface area contributed by atoms with Crippen LogP contribution in [0.1, 0.15) is 18.1 Å². The molecule has 1 unspecified atom stereocenters. The topological polar surface area (TPSA) is 30.5 Å². The fraction of sp³-hybridized carbons (Fsp3) is 0.333. The molecule has 2 rings (SSSR count). The maximum absolute atomic E-state index is 5.19. The monoisotopic (exact) mass is 165 g/mol. The van der Waals surface area contributed by atoms with E-state index >= 15 is 0 Å². The van der Waals surface area contributed by atoms with Crippen LogP contribution in [0.25, 0.3) is 0 Å². The minimum atomic E-state index is 0.125. The van der Waals surface area contributed by atoms with Gasteiger partial charge in [0.2, 0.25) is 0 Å². The quantitative estimate of drug-likeness (QED) is 0.685. The van der Waals surface area contributed by atoms with Crippen molar-refractivity contribution in [1.82, 2.24) is 5.64 Å². The summed E-state index contributed by atoms with van der Waals surface area (Å²) >= 11 is 0. The highest BCUT2D eigenvalue weighted by Gasteiger charge is 2.15. The first-order valence-corrected chi connectivity index (χ1v) is 4.04. The first-order valence-electron chi connectivity index (χ1n) is 4.04. The molecule has 1 aliphatic rings. The van der Waals surface area contributed by atoms with Crippen LogP contribution in [0.15, 0.2) is 30.3 Å². The molecule has 0 saturated carbocycles. The average molecular weight is 165 g/mol. The lowest BCUT2D eigenvalue weighted by Gasteiger charge is -2.22. The summed E-state index contributed by atoms with van der Waals surface area (Å²) in [5.74, 6) is 0. The highest BCUT2D eigenvalue weighted by atomic mass is 16.9. The first kappa shape index (κ1) is 7.73. The van der Waals surface area contributed by atoms with Gasteiger partial charge >= 0.3 is 0 Å². The zero-order valence-corrected chi connectivity index (χ0v) is 6.69. The van der Waals surface area contributed by atoms with Gasteiger partial charge in [-0.1, -0.05) is 36.0 Å². The van der Waals surface area contributed by atoms with Gasteiger partial charge in [0.1, 0.15) is 6.10 Å². The maximum atomic E-state index is 5.19. The molecular formula is C9H11NO2. The molecule has 0 amide bonds. The Morgan fingerprint density at radius 3 is 2.75 bits per heavy atom. The molecule has 1 saturated heterocycles. The van der Waals surface area contributed by atoms with E-state index in [0.29, 0.717) is 6.61 Å². The van der Waals surface area contributed by atoms with Crippen molar-refractivity contribution in [1.29, 1.82) is 0 Å². The molecule has 1 aromatic rings. The van der Waals surface area contributed by atoms with E-state index in [-0.39, 0.29) is 6.10 Å². The van der Waals surface area contributed by atoms with Gasteiger partial charge in [-0.2, -0.15) is 0 Å². The molecule has 0 bridgehead atoms. The summed E-state index contributed by atoms with van der Waals surface area (Å²) in [7, 11) is 0. The largest absolute Gasteiger partial charge is 0.277 e. The summed E-state index contributed by atoms with van der Waals surface area (Å²) < 4.78 is 0. The smallest absolute Gasteiger partial charge is 0.109 e. The third kappa shape index (κ3) is 1.64. The summed E-state index contributed by atoms with van der Waals surface area (Å²) in [5, 5.41) is 0. The van der Waals surface area contributed by atoms with Crippen LogP contribution in [0.2, 0.25) is 0 Å². The van der Waals surface area contributed by atoms with Crippen LogP contribution in [0.5, 0.6) is 0 Å². The highest BCUT2D eigenvalue weighted by molar-refractivity contribution is 5.17. The Labute approximate surface area is 71.2 Å². The van der Waals surface area contributed by atoms with Crippen molar-refractivity contribution in [2.75, 3.05) is 6.61 Å². The van der Waals surface area contributed by atoms with Crippen molar-refractivity contribution in [3.05, 3.63) is 35.9 Å². The Bertz CT molecular complexity index is 232.